The van der Waals surface area contributed by atoms with E-state index >= 15 is 0 Å². The van der Waals surface area contributed by atoms with Crippen LogP contribution in [0.3, 0.4) is 0 Å². The largest absolute Gasteiger partial charge is 0.465 e. The average molecular weight is 215 g/mol. The number of esters is 2. The zero-order valence-electron chi connectivity index (χ0n) is 9.49. The quantitative estimate of drug-likeness (QED) is 0.539. The van der Waals surface area contributed by atoms with Crippen molar-refractivity contribution in [2.45, 2.75) is 45.4 Å². The van der Waals surface area contributed by atoms with E-state index in [9.17, 15) is 9.59 Å². The molecule has 0 spiro atoms. The molecule has 0 aromatic rings. The van der Waals surface area contributed by atoms with Crippen LogP contribution in [0.4, 0.5) is 0 Å². The Labute approximate surface area is 89.1 Å². The van der Waals surface area contributed by atoms with Gasteiger partial charge >= 0.3 is 11.9 Å². The highest BCUT2D eigenvalue weighted by Gasteiger charge is 2.50. The van der Waals surface area contributed by atoms with Gasteiger partial charge in [-0.1, -0.05) is 0 Å². The molecule has 2 atom stereocenters. The number of hydrogen-bond donors (Lipinski definition) is 1. The van der Waals surface area contributed by atoms with Gasteiger partial charge in [-0.2, -0.15) is 0 Å². The Morgan fingerprint density at radius 2 is 1.73 bits per heavy atom. The fraction of sp³-hybridized carbons (Fsp3) is 0.800. The first-order valence-electron chi connectivity index (χ1n) is 5.00. The summed E-state index contributed by atoms with van der Waals surface area (Å²) in [6, 6.07) is -1.07. The molecule has 1 rings (SSSR count). The predicted molar refractivity (Wildman–Crippen MR) is 53.2 cm³/mol. The number of nitrogens with one attached hydrogen (secondary N) is 1. The van der Waals surface area contributed by atoms with Crippen molar-refractivity contribution in [3.8, 4) is 0 Å². The normalized spacial score (nSPS) is 24.5. The third-order valence-electron chi connectivity index (χ3n) is 1.78. The maximum Gasteiger partial charge on any atom is 0.325 e. The Balaban J connectivity index is 2.37. The summed E-state index contributed by atoms with van der Waals surface area (Å²) in [5.74, 6) is -0.797. The van der Waals surface area contributed by atoms with E-state index in [0.717, 1.165) is 0 Å². The monoisotopic (exact) mass is 215 g/mol. The minimum atomic E-state index is -0.539. The lowest BCUT2D eigenvalue weighted by Gasteiger charge is -2.18. The molecule has 0 aromatic carbocycles. The van der Waals surface area contributed by atoms with Crippen molar-refractivity contribution in [1.82, 2.24) is 5.32 Å². The van der Waals surface area contributed by atoms with Crippen LogP contribution in [0.2, 0.25) is 0 Å². The Hall–Kier alpha value is -1.10. The van der Waals surface area contributed by atoms with Crippen LogP contribution in [-0.4, -0.2) is 36.2 Å². The Kier molecular flexibility index (Phi) is 3.34. The van der Waals surface area contributed by atoms with E-state index in [1.54, 1.807) is 27.7 Å². The summed E-state index contributed by atoms with van der Waals surface area (Å²) in [4.78, 5) is 22.6. The molecule has 1 N–H and O–H groups in total. The van der Waals surface area contributed by atoms with E-state index in [1.807, 2.05) is 0 Å². The van der Waals surface area contributed by atoms with Gasteiger partial charge in [-0.15, -0.1) is 0 Å². The maximum atomic E-state index is 11.4. The molecule has 1 aliphatic heterocycles. The number of carbonyl (C=O) groups is 2. The fourth-order valence-corrected chi connectivity index (χ4v) is 1.14. The van der Waals surface area contributed by atoms with Gasteiger partial charge in [-0.05, 0) is 27.7 Å². The second kappa shape index (κ2) is 4.18. The van der Waals surface area contributed by atoms with Crippen molar-refractivity contribution in [2.75, 3.05) is 6.61 Å². The molecule has 5 nitrogen and oxygen atoms in total. The molecule has 5 heteroatoms. The first-order valence-corrected chi connectivity index (χ1v) is 5.00. The molecule has 0 bridgehead atoms. The van der Waals surface area contributed by atoms with Crippen LogP contribution < -0.4 is 5.32 Å². The highest BCUT2D eigenvalue weighted by Crippen LogP contribution is 2.18. The SMILES string of the molecule is CCOC(=O)[C@H]1N[C@@H]1C(=O)OC(C)(C)C. The van der Waals surface area contributed by atoms with Crippen molar-refractivity contribution < 1.29 is 19.1 Å². The highest BCUT2D eigenvalue weighted by atomic mass is 16.6. The van der Waals surface area contributed by atoms with Gasteiger partial charge < -0.3 is 9.47 Å². The first-order chi connectivity index (χ1) is 6.85. The van der Waals surface area contributed by atoms with Crippen molar-refractivity contribution in [3.05, 3.63) is 0 Å². The minimum Gasteiger partial charge on any atom is -0.465 e. The van der Waals surface area contributed by atoms with Crippen molar-refractivity contribution >= 4 is 11.9 Å². The van der Waals surface area contributed by atoms with Crippen LogP contribution in [-0.2, 0) is 19.1 Å². The zero-order chi connectivity index (χ0) is 11.6. The van der Waals surface area contributed by atoms with Gasteiger partial charge in [0.25, 0.3) is 0 Å². The molecule has 0 radical (unpaired) electrons. The third kappa shape index (κ3) is 3.51. The van der Waals surface area contributed by atoms with Gasteiger partial charge in [-0.25, -0.2) is 0 Å². The summed E-state index contributed by atoms with van der Waals surface area (Å²) in [5.41, 5.74) is -0.527. The number of ether oxygens (including phenoxy) is 2. The second-order valence-electron chi connectivity index (χ2n) is 4.41. The van der Waals surface area contributed by atoms with Crippen molar-refractivity contribution in [3.63, 3.8) is 0 Å². The summed E-state index contributed by atoms with van der Waals surface area (Å²) in [6.07, 6.45) is 0. The van der Waals surface area contributed by atoms with Crippen LogP contribution in [0.25, 0.3) is 0 Å². The summed E-state index contributed by atoms with van der Waals surface area (Å²) < 4.78 is 9.88. The molecule has 1 aliphatic rings. The van der Waals surface area contributed by atoms with Crippen LogP contribution in [0.15, 0.2) is 0 Å². The summed E-state index contributed by atoms with van der Waals surface area (Å²) in [6.45, 7) is 7.40. The van der Waals surface area contributed by atoms with Gasteiger partial charge in [-0.3, -0.25) is 14.9 Å². The molecule has 15 heavy (non-hydrogen) atoms. The van der Waals surface area contributed by atoms with Crippen molar-refractivity contribution in [2.24, 2.45) is 0 Å². The van der Waals surface area contributed by atoms with E-state index in [0.29, 0.717) is 6.61 Å². The molecule has 0 amide bonds. The van der Waals surface area contributed by atoms with Crippen LogP contribution in [0.1, 0.15) is 27.7 Å². The molecule has 1 heterocycles. The molecule has 0 aliphatic carbocycles. The average Bonchev–Trinajstić information content (AvgIpc) is 2.79. The Bertz CT molecular complexity index is 269. The fourth-order valence-electron chi connectivity index (χ4n) is 1.14. The van der Waals surface area contributed by atoms with E-state index in [4.69, 9.17) is 9.47 Å². The van der Waals surface area contributed by atoms with E-state index in [1.165, 1.54) is 0 Å². The summed E-state index contributed by atoms with van der Waals surface area (Å²) in [7, 11) is 0. The Morgan fingerprint density at radius 1 is 1.20 bits per heavy atom. The molecule has 1 saturated heterocycles. The minimum absolute atomic E-state index is 0.318. The molecule has 0 unspecified atom stereocenters. The molecule has 0 saturated carbocycles. The van der Waals surface area contributed by atoms with Gasteiger partial charge in [0, 0.05) is 0 Å². The number of carbonyl (C=O) groups excluding carboxylic acids is 2. The predicted octanol–water partition coefficient (Wildman–Crippen LogP) is 0.232. The number of rotatable bonds is 3. The van der Waals surface area contributed by atoms with Gasteiger partial charge in [0.1, 0.15) is 17.7 Å². The molecule has 1 fully saturated rings. The molecular formula is C10H17NO4. The van der Waals surface area contributed by atoms with Crippen LogP contribution in [0, 0.1) is 0 Å². The first kappa shape index (κ1) is 12.0. The van der Waals surface area contributed by atoms with Gasteiger partial charge in [0.05, 0.1) is 6.61 Å². The van der Waals surface area contributed by atoms with Crippen molar-refractivity contribution in [1.29, 1.82) is 0 Å². The van der Waals surface area contributed by atoms with E-state index in [2.05, 4.69) is 5.32 Å². The third-order valence-corrected chi connectivity index (χ3v) is 1.78. The van der Waals surface area contributed by atoms with E-state index < -0.39 is 29.6 Å². The lowest BCUT2D eigenvalue weighted by molar-refractivity contribution is -0.155. The smallest absolute Gasteiger partial charge is 0.325 e. The molecular weight excluding hydrogens is 198 g/mol. The maximum absolute atomic E-state index is 11.4. The standard InChI is InChI=1S/C10H17NO4/c1-5-14-8(12)6-7(11-6)9(13)15-10(2,3)4/h6-7,11H,5H2,1-4H3/t6-,7-/m0/s1. The second-order valence-corrected chi connectivity index (χ2v) is 4.41. The lowest BCUT2D eigenvalue weighted by atomic mass is 10.2. The van der Waals surface area contributed by atoms with Gasteiger partial charge in [0.2, 0.25) is 0 Å². The van der Waals surface area contributed by atoms with E-state index in [-0.39, 0.29) is 0 Å². The Morgan fingerprint density at radius 3 is 2.20 bits per heavy atom. The zero-order valence-corrected chi connectivity index (χ0v) is 9.49. The summed E-state index contributed by atoms with van der Waals surface area (Å²) >= 11 is 0. The molecule has 86 valence electrons. The molecule has 0 aromatic heterocycles. The lowest BCUT2D eigenvalue weighted by Crippen LogP contribution is -2.29. The summed E-state index contributed by atoms with van der Waals surface area (Å²) in [5, 5.41) is 2.73. The topological polar surface area (TPSA) is 74.5 Å². The van der Waals surface area contributed by atoms with Crippen LogP contribution in [0.5, 0.6) is 0 Å². The highest BCUT2D eigenvalue weighted by molar-refractivity contribution is 5.92. The number of hydrogen-bond acceptors (Lipinski definition) is 5. The van der Waals surface area contributed by atoms with Gasteiger partial charge in [0.15, 0.2) is 0 Å². The van der Waals surface area contributed by atoms with Crippen LogP contribution >= 0.6 is 0 Å².